The number of aliphatic imine (C=N–C) groups is 1. The van der Waals surface area contributed by atoms with Crippen molar-refractivity contribution in [3.05, 3.63) is 41.8 Å². The molecule has 160 valence electrons. The summed E-state index contributed by atoms with van der Waals surface area (Å²) in [6.45, 7) is 3.64. The van der Waals surface area contributed by atoms with E-state index in [1.54, 1.807) is 18.4 Å². The molecule has 0 bridgehead atoms. The minimum Gasteiger partial charge on any atom is -0.482 e. The van der Waals surface area contributed by atoms with Crippen LogP contribution in [0.2, 0.25) is 0 Å². The van der Waals surface area contributed by atoms with Gasteiger partial charge in [-0.2, -0.15) is 0 Å². The van der Waals surface area contributed by atoms with E-state index in [4.69, 9.17) is 4.74 Å². The predicted octanol–water partition coefficient (Wildman–Crippen LogP) is 2.70. The van der Waals surface area contributed by atoms with E-state index in [9.17, 15) is 4.79 Å². The third kappa shape index (κ3) is 4.87. The zero-order valence-corrected chi connectivity index (χ0v) is 18.2. The lowest BCUT2D eigenvalue weighted by Crippen LogP contribution is -2.49. The van der Waals surface area contributed by atoms with Crippen LogP contribution in [0.5, 0.6) is 5.75 Å². The molecular formula is C22H29N5O2S. The molecule has 0 aliphatic carbocycles. The maximum atomic E-state index is 12.3. The van der Waals surface area contributed by atoms with E-state index in [0.717, 1.165) is 56.3 Å². The van der Waals surface area contributed by atoms with E-state index >= 15 is 0 Å². The number of anilines is 2. The topological polar surface area (TPSA) is 69.2 Å². The maximum Gasteiger partial charge on any atom is 0.265 e. The maximum absolute atomic E-state index is 12.3. The van der Waals surface area contributed by atoms with E-state index < -0.39 is 0 Å². The highest BCUT2D eigenvalue weighted by molar-refractivity contribution is 7.14. The van der Waals surface area contributed by atoms with Gasteiger partial charge in [-0.25, -0.2) is 0 Å². The average molecular weight is 428 g/mol. The number of para-hydroxylation sites is 2. The third-order valence-electron chi connectivity index (χ3n) is 5.54. The Morgan fingerprint density at radius 3 is 2.83 bits per heavy atom. The van der Waals surface area contributed by atoms with Crippen LogP contribution in [0.4, 0.5) is 10.7 Å². The molecule has 7 nitrogen and oxygen atoms in total. The van der Waals surface area contributed by atoms with Crippen LogP contribution >= 0.6 is 11.3 Å². The van der Waals surface area contributed by atoms with Gasteiger partial charge in [0, 0.05) is 39.3 Å². The number of piperidine rings is 1. The summed E-state index contributed by atoms with van der Waals surface area (Å²) in [5.74, 6) is 1.61. The van der Waals surface area contributed by atoms with Crippen LogP contribution in [0.1, 0.15) is 19.3 Å². The fourth-order valence-corrected chi connectivity index (χ4v) is 4.71. The van der Waals surface area contributed by atoms with E-state index in [-0.39, 0.29) is 12.5 Å². The van der Waals surface area contributed by atoms with Crippen molar-refractivity contribution in [3.8, 4) is 5.75 Å². The second-order valence-corrected chi connectivity index (χ2v) is 8.44. The number of benzene rings is 1. The largest absolute Gasteiger partial charge is 0.482 e. The van der Waals surface area contributed by atoms with Crippen LogP contribution in [-0.4, -0.2) is 57.7 Å². The van der Waals surface area contributed by atoms with Gasteiger partial charge in [0.2, 0.25) is 0 Å². The minimum atomic E-state index is 0.00806. The summed E-state index contributed by atoms with van der Waals surface area (Å²) < 4.78 is 5.50. The molecule has 4 rings (SSSR count). The van der Waals surface area contributed by atoms with Crippen molar-refractivity contribution in [1.82, 2.24) is 10.6 Å². The van der Waals surface area contributed by atoms with Gasteiger partial charge in [0.1, 0.15) is 5.75 Å². The van der Waals surface area contributed by atoms with E-state index in [1.165, 1.54) is 5.00 Å². The molecule has 1 aromatic carbocycles. The second-order valence-electron chi connectivity index (χ2n) is 7.51. The number of nitrogens with one attached hydrogen (secondary N) is 2. The van der Waals surface area contributed by atoms with Gasteiger partial charge in [-0.1, -0.05) is 12.1 Å². The number of ether oxygens (including phenoxy) is 1. The van der Waals surface area contributed by atoms with Gasteiger partial charge in [0.15, 0.2) is 12.6 Å². The van der Waals surface area contributed by atoms with Crippen LogP contribution in [0.3, 0.4) is 0 Å². The molecule has 0 spiro atoms. The number of carbonyl (C=O) groups is 1. The molecule has 2 aliphatic heterocycles. The van der Waals surface area contributed by atoms with Crippen molar-refractivity contribution in [2.75, 3.05) is 49.6 Å². The summed E-state index contributed by atoms with van der Waals surface area (Å²) >= 11 is 1.80. The number of hydrogen-bond acceptors (Lipinski definition) is 5. The molecule has 2 aliphatic rings. The normalized spacial score (nSPS) is 17.5. The molecule has 0 unspecified atom stereocenters. The first-order valence-electron chi connectivity index (χ1n) is 10.5. The summed E-state index contributed by atoms with van der Waals surface area (Å²) in [4.78, 5) is 20.9. The van der Waals surface area contributed by atoms with E-state index in [1.807, 2.05) is 29.2 Å². The van der Waals surface area contributed by atoms with Crippen LogP contribution in [0, 0.1) is 0 Å². The SMILES string of the molecule is CN=C(NCCCN1C(=O)COc2ccccc21)NC1CCN(c2cccs2)CC1. The number of nitrogens with zero attached hydrogens (tertiary/aromatic N) is 3. The zero-order valence-electron chi connectivity index (χ0n) is 17.3. The standard InChI is InChI=1S/C22H29N5O2S/c1-23-22(25-17-9-13-26(14-10-17)21-8-4-15-30-21)24-11-5-12-27-18-6-2-3-7-19(18)29-16-20(27)28/h2-4,6-8,15,17H,5,9-14,16H2,1H3,(H2,23,24,25). The van der Waals surface area contributed by atoms with Gasteiger partial charge >= 0.3 is 0 Å². The summed E-state index contributed by atoms with van der Waals surface area (Å²) in [5, 5.41) is 10.4. The highest BCUT2D eigenvalue weighted by Crippen LogP contribution is 2.31. The highest BCUT2D eigenvalue weighted by atomic mass is 32.1. The fraction of sp³-hybridized carbons (Fsp3) is 0.455. The molecular weight excluding hydrogens is 398 g/mol. The molecule has 0 saturated carbocycles. The Morgan fingerprint density at radius 2 is 2.07 bits per heavy atom. The van der Waals surface area contributed by atoms with Crippen molar-refractivity contribution in [1.29, 1.82) is 0 Å². The lowest BCUT2D eigenvalue weighted by molar-refractivity contribution is -0.121. The Labute approximate surface area is 181 Å². The number of fused-ring (bicyclic) bond motifs is 1. The quantitative estimate of drug-likeness (QED) is 0.421. The fourth-order valence-electron chi connectivity index (χ4n) is 3.93. The Bertz CT molecular complexity index is 862. The average Bonchev–Trinajstić information content (AvgIpc) is 3.32. The molecule has 2 N–H and O–H groups in total. The van der Waals surface area contributed by atoms with Crippen LogP contribution in [0.25, 0.3) is 0 Å². The molecule has 0 atom stereocenters. The van der Waals surface area contributed by atoms with Gasteiger partial charge in [-0.3, -0.25) is 9.79 Å². The number of hydrogen-bond donors (Lipinski definition) is 2. The number of carbonyl (C=O) groups excluding carboxylic acids is 1. The van der Waals surface area contributed by atoms with Gasteiger partial charge in [0.05, 0.1) is 10.7 Å². The first kappa shape index (κ1) is 20.5. The summed E-state index contributed by atoms with van der Waals surface area (Å²) in [7, 11) is 1.80. The number of amides is 1. The van der Waals surface area contributed by atoms with E-state index in [2.05, 4.69) is 38.0 Å². The third-order valence-corrected chi connectivity index (χ3v) is 6.47. The van der Waals surface area contributed by atoms with Gasteiger partial charge in [0.25, 0.3) is 5.91 Å². The van der Waals surface area contributed by atoms with Crippen molar-refractivity contribution in [3.63, 3.8) is 0 Å². The monoisotopic (exact) mass is 427 g/mol. The lowest BCUT2D eigenvalue weighted by atomic mass is 10.1. The van der Waals surface area contributed by atoms with Crippen LogP contribution < -0.4 is 25.2 Å². The minimum absolute atomic E-state index is 0.00806. The molecule has 30 heavy (non-hydrogen) atoms. The molecule has 1 fully saturated rings. The summed E-state index contributed by atoms with van der Waals surface area (Å²) in [6.07, 6.45) is 3.02. The van der Waals surface area contributed by atoms with Crippen LogP contribution in [-0.2, 0) is 4.79 Å². The molecule has 1 aromatic heterocycles. The molecule has 0 radical (unpaired) electrons. The number of rotatable bonds is 6. The molecule has 8 heteroatoms. The Hall–Kier alpha value is -2.74. The second kappa shape index (κ2) is 9.84. The lowest BCUT2D eigenvalue weighted by Gasteiger charge is -2.33. The first-order valence-corrected chi connectivity index (χ1v) is 11.4. The predicted molar refractivity (Wildman–Crippen MR) is 123 cm³/mol. The number of thiophene rings is 1. The molecule has 1 amide bonds. The Kier molecular flexibility index (Phi) is 6.74. The molecule has 1 saturated heterocycles. The van der Waals surface area contributed by atoms with Crippen molar-refractivity contribution in [2.24, 2.45) is 4.99 Å². The summed E-state index contributed by atoms with van der Waals surface area (Å²) in [6, 6.07) is 12.4. The van der Waals surface area contributed by atoms with Crippen molar-refractivity contribution >= 4 is 33.9 Å². The van der Waals surface area contributed by atoms with E-state index in [0.29, 0.717) is 12.6 Å². The van der Waals surface area contributed by atoms with Crippen molar-refractivity contribution in [2.45, 2.75) is 25.3 Å². The Morgan fingerprint density at radius 1 is 1.23 bits per heavy atom. The van der Waals surface area contributed by atoms with Gasteiger partial charge in [-0.05, 0) is 48.9 Å². The summed E-state index contributed by atoms with van der Waals surface area (Å²) in [5.41, 5.74) is 0.855. The zero-order chi connectivity index (χ0) is 20.8. The number of guanidine groups is 1. The molecule has 3 heterocycles. The van der Waals surface area contributed by atoms with Gasteiger partial charge in [-0.15, -0.1) is 11.3 Å². The smallest absolute Gasteiger partial charge is 0.265 e. The highest BCUT2D eigenvalue weighted by Gasteiger charge is 2.24. The van der Waals surface area contributed by atoms with Gasteiger partial charge < -0.3 is 25.2 Å². The first-order chi connectivity index (χ1) is 14.7. The Balaban J connectivity index is 1.20. The van der Waals surface area contributed by atoms with Crippen LogP contribution in [0.15, 0.2) is 46.8 Å². The van der Waals surface area contributed by atoms with Crippen molar-refractivity contribution < 1.29 is 9.53 Å². The molecule has 2 aromatic rings.